The van der Waals surface area contributed by atoms with Gasteiger partial charge in [-0.05, 0) is 86.2 Å². The van der Waals surface area contributed by atoms with E-state index in [4.69, 9.17) is 17.0 Å². The van der Waals surface area contributed by atoms with Gasteiger partial charge in [-0.3, -0.25) is 15.0 Å². The summed E-state index contributed by atoms with van der Waals surface area (Å²) in [6.45, 7) is 0.438. The van der Waals surface area contributed by atoms with Crippen LogP contribution in [0.2, 0.25) is 0 Å². The summed E-state index contributed by atoms with van der Waals surface area (Å²) >= 11 is 6.72. The Morgan fingerprint density at radius 3 is 2.34 bits per heavy atom. The molecule has 1 heterocycles. The molecule has 2 amide bonds. The second kappa shape index (κ2) is 9.10. The van der Waals surface area contributed by atoms with Crippen molar-refractivity contribution in [3.63, 3.8) is 0 Å². The highest BCUT2D eigenvalue weighted by atomic mass is 32.2. The number of hydrogen-bond donors (Lipinski definition) is 1. The lowest BCUT2D eigenvalue weighted by atomic mass is 9.49. The zero-order chi connectivity index (χ0) is 24.0. The van der Waals surface area contributed by atoms with E-state index in [2.05, 4.69) is 5.43 Å². The first kappa shape index (κ1) is 22.8. The first-order valence-electron chi connectivity index (χ1n) is 12.3. The molecule has 1 aliphatic heterocycles. The minimum Gasteiger partial charge on any atom is -0.488 e. The van der Waals surface area contributed by atoms with E-state index in [1.165, 1.54) is 36.0 Å². The summed E-state index contributed by atoms with van der Waals surface area (Å²) in [4.78, 5) is 27.2. The Bertz CT molecular complexity index is 1170. The van der Waals surface area contributed by atoms with Crippen molar-refractivity contribution in [3.8, 4) is 5.75 Å². The molecular formula is C28H28N2O3S2. The van der Waals surface area contributed by atoms with Crippen LogP contribution in [0.4, 0.5) is 0 Å². The van der Waals surface area contributed by atoms with E-state index in [9.17, 15) is 9.59 Å². The van der Waals surface area contributed by atoms with Gasteiger partial charge in [0.25, 0.3) is 5.91 Å². The number of thiocarbonyl (C=S) groups is 1. The van der Waals surface area contributed by atoms with E-state index in [-0.39, 0.29) is 17.2 Å². The van der Waals surface area contributed by atoms with Gasteiger partial charge >= 0.3 is 0 Å². The van der Waals surface area contributed by atoms with Crippen molar-refractivity contribution in [1.82, 2.24) is 10.4 Å². The van der Waals surface area contributed by atoms with Gasteiger partial charge in [-0.25, -0.2) is 0 Å². The van der Waals surface area contributed by atoms with Crippen molar-refractivity contribution >= 4 is 46.2 Å². The van der Waals surface area contributed by atoms with Crippen LogP contribution in [0.15, 0.2) is 59.5 Å². The number of rotatable bonds is 6. The monoisotopic (exact) mass is 504 g/mol. The molecule has 0 unspecified atom stereocenters. The van der Waals surface area contributed by atoms with Gasteiger partial charge in [-0.1, -0.05) is 60.3 Å². The lowest BCUT2D eigenvalue weighted by Gasteiger charge is -2.55. The first-order valence-corrected chi connectivity index (χ1v) is 13.6. The van der Waals surface area contributed by atoms with Crippen LogP contribution in [-0.4, -0.2) is 21.1 Å². The average molecular weight is 505 g/mol. The Morgan fingerprint density at radius 2 is 1.66 bits per heavy atom. The molecule has 7 heteroatoms. The van der Waals surface area contributed by atoms with E-state index >= 15 is 0 Å². The van der Waals surface area contributed by atoms with Crippen LogP contribution < -0.4 is 10.2 Å². The molecular weight excluding hydrogens is 476 g/mol. The van der Waals surface area contributed by atoms with Gasteiger partial charge in [0.2, 0.25) is 5.91 Å². The highest BCUT2D eigenvalue weighted by Gasteiger charge is 2.55. The van der Waals surface area contributed by atoms with E-state index in [0.717, 1.165) is 30.4 Å². The Hall–Kier alpha value is -2.64. The van der Waals surface area contributed by atoms with Crippen LogP contribution in [-0.2, 0) is 16.2 Å². The molecule has 0 radical (unpaired) electrons. The van der Waals surface area contributed by atoms with Gasteiger partial charge in [0, 0.05) is 5.56 Å². The third-order valence-corrected chi connectivity index (χ3v) is 9.27. The summed E-state index contributed by atoms with van der Waals surface area (Å²) in [5.41, 5.74) is 4.46. The lowest BCUT2D eigenvalue weighted by Crippen LogP contribution is -2.57. The second-order valence-corrected chi connectivity index (χ2v) is 12.1. The molecule has 4 saturated carbocycles. The Labute approximate surface area is 215 Å². The van der Waals surface area contributed by atoms with Gasteiger partial charge in [-0.2, -0.15) is 5.01 Å². The Balaban J connectivity index is 1.17. The van der Waals surface area contributed by atoms with Crippen molar-refractivity contribution in [2.24, 2.45) is 23.2 Å². The van der Waals surface area contributed by atoms with Crippen molar-refractivity contribution < 1.29 is 14.3 Å². The molecule has 0 atom stereocenters. The predicted molar refractivity (Wildman–Crippen MR) is 141 cm³/mol. The molecule has 7 rings (SSSR count). The zero-order valence-electron chi connectivity index (χ0n) is 19.4. The lowest BCUT2D eigenvalue weighted by molar-refractivity contribution is -0.152. The van der Waals surface area contributed by atoms with E-state index in [1.807, 2.05) is 54.6 Å². The topological polar surface area (TPSA) is 58.6 Å². The number of hydrogen-bond acceptors (Lipinski definition) is 5. The number of carbonyl (C=O) groups is 2. The quantitative estimate of drug-likeness (QED) is 0.403. The fourth-order valence-electron chi connectivity index (χ4n) is 6.78. The SMILES string of the molecule is O=C1/C(=C\c2ccccc2OCc2ccccc2)SC(=S)N1NC(=O)C12CC3CC(CC(C3)C1)C2. The third kappa shape index (κ3) is 4.40. The van der Waals surface area contributed by atoms with Crippen molar-refractivity contribution in [1.29, 1.82) is 0 Å². The summed E-state index contributed by atoms with van der Waals surface area (Å²) < 4.78 is 6.41. The molecule has 2 aromatic rings. The minimum absolute atomic E-state index is 0.0271. The van der Waals surface area contributed by atoms with E-state index < -0.39 is 0 Å². The number of nitrogens with one attached hydrogen (secondary N) is 1. The number of nitrogens with zero attached hydrogens (tertiary/aromatic N) is 1. The number of benzene rings is 2. The minimum atomic E-state index is -0.334. The fraction of sp³-hybridized carbons (Fsp3) is 0.393. The van der Waals surface area contributed by atoms with Crippen LogP contribution in [0.25, 0.3) is 6.08 Å². The summed E-state index contributed by atoms with van der Waals surface area (Å²) in [5, 5.41) is 1.28. The Kier molecular flexibility index (Phi) is 5.93. The molecule has 5 nitrogen and oxygen atoms in total. The van der Waals surface area contributed by atoms with Gasteiger partial charge in [-0.15, -0.1) is 0 Å². The molecule has 1 N–H and O–H groups in total. The predicted octanol–water partition coefficient (Wildman–Crippen LogP) is 5.71. The number of ether oxygens (including phenoxy) is 1. The second-order valence-electron chi connectivity index (χ2n) is 10.5. The molecule has 4 bridgehead atoms. The van der Waals surface area contributed by atoms with Gasteiger partial charge in [0.05, 0.1) is 10.3 Å². The van der Waals surface area contributed by atoms with Gasteiger partial charge in [0.15, 0.2) is 4.32 Å². The van der Waals surface area contributed by atoms with E-state index in [0.29, 0.717) is 39.3 Å². The van der Waals surface area contributed by atoms with Crippen LogP contribution in [0.1, 0.15) is 49.7 Å². The van der Waals surface area contributed by atoms with Crippen LogP contribution >= 0.6 is 24.0 Å². The van der Waals surface area contributed by atoms with Gasteiger partial charge in [0.1, 0.15) is 12.4 Å². The largest absolute Gasteiger partial charge is 0.488 e. The number of para-hydroxylation sites is 1. The van der Waals surface area contributed by atoms with Crippen molar-refractivity contribution in [2.75, 3.05) is 0 Å². The highest BCUT2D eigenvalue weighted by molar-refractivity contribution is 8.26. The smallest absolute Gasteiger partial charge is 0.285 e. The standard InChI is InChI=1S/C28H28N2O3S2/c31-25-24(13-22-8-4-5-9-23(22)33-17-18-6-2-1-3-7-18)35-27(34)30(25)29-26(32)28-14-19-10-20(15-28)12-21(11-19)16-28/h1-9,13,19-21H,10-12,14-17H2,(H,29,32)/b24-13+. The maximum Gasteiger partial charge on any atom is 0.285 e. The number of hydrazine groups is 1. The maximum atomic E-state index is 13.5. The summed E-state index contributed by atoms with van der Waals surface area (Å²) in [5.74, 6) is 2.36. The van der Waals surface area contributed by atoms with Crippen molar-refractivity contribution in [2.45, 2.75) is 45.1 Å². The molecule has 5 aliphatic rings. The Morgan fingerprint density at radius 1 is 1.03 bits per heavy atom. The summed E-state index contributed by atoms with van der Waals surface area (Å²) in [6, 6.07) is 17.6. The molecule has 180 valence electrons. The molecule has 4 aliphatic carbocycles. The molecule has 35 heavy (non-hydrogen) atoms. The molecule has 1 saturated heterocycles. The average Bonchev–Trinajstić information content (AvgIpc) is 3.10. The molecule has 5 fully saturated rings. The summed E-state index contributed by atoms with van der Waals surface area (Å²) in [7, 11) is 0. The van der Waals surface area contributed by atoms with Crippen LogP contribution in [0.3, 0.4) is 0 Å². The third-order valence-electron chi connectivity index (χ3n) is 7.97. The van der Waals surface area contributed by atoms with Crippen LogP contribution in [0, 0.1) is 23.2 Å². The molecule has 0 aromatic heterocycles. The van der Waals surface area contributed by atoms with Crippen LogP contribution in [0.5, 0.6) is 5.75 Å². The maximum absolute atomic E-state index is 13.5. The number of amides is 2. The van der Waals surface area contributed by atoms with Gasteiger partial charge < -0.3 is 4.74 Å². The molecule has 2 aromatic carbocycles. The van der Waals surface area contributed by atoms with Crippen molar-refractivity contribution in [3.05, 3.63) is 70.6 Å². The normalized spacial score (nSPS) is 30.2. The number of thioether (sulfide) groups is 1. The zero-order valence-corrected chi connectivity index (χ0v) is 21.1. The fourth-order valence-corrected chi connectivity index (χ4v) is 7.95. The molecule has 0 spiro atoms. The highest BCUT2D eigenvalue weighted by Crippen LogP contribution is 2.60. The number of carbonyl (C=O) groups excluding carboxylic acids is 2. The summed E-state index contributed by atoms with van der Waals surface area (Å²) in [6.07, 6.45) is 8.44. The van der Waals surface area contributed by atoms with E-state index in [1.54, 1.807) is 6.08 Å². The first-order chi connectivity index (χ1) is 17.0.